The quantitative estimate of drug-likeness (QED) is 0.263. The molecule has 0 bridgehead atoms. The number of carbonyl (C=O) groups is 2. The first-order valence-corrected chi connectivity index (χ1v) is 6.18. The fraction of sp³-hybridized carbons (Fsp3) is 0.286. The van der Waals surface area contributed by atoms with Gasteiger partial charge in [-0.25, -0.2) is 4.79 Å². The van der Waals surface area contributed by atoms with Crippen LogP contribution in [0.5, 0.6) is 0 Å². The zero-order valence-electron chi connectivity index (χ0n) is 11.8. The SMILES string of the molecule is C=C(C(=O)OCC)C(OC(C)=O)c1ccccc1N=[N+]=[N-]. The van der Waals surface area contributed by atoms with E-state index in [4.69, 9.17) is 15.0 Å². The summed E-state index contributed by atoms with van der Waals surface area (Å²) in [4.78, 5) is 25.8. The molecule has 0 saturated carbocycles. The van der Waals surface area contributed by atoms with Gasteiger partial charge in [-0.1, -0.05) is 36.0 Å². The van der Waals surface area contributed by atoms with E-state index in [-0.39, 0.29) is 17.9 Å². The Morgan fingerprint density at radius 2 is 2.10 bits per heavy atom. The average molecular weight is 289 g/mol. The highest BCUT2D eigenvalue weighted by molar-refractivity contribution is 5.90. The van der Waals surface area contributed by atoms with Crippen LogP contribution in [-0.4, -0.2) is 18.5 Å². The molecule has 0 spiro atoms. The van der Waals surface area contributed by atoms with Crippen LogP contribution in [0.3, 0.4) is 0 Å². The molecule has 0 aromatic heterocycles. The zero-order valence-corrected chi connectivity index (χ0v) is 11.8. The smallest absolute Gasteiger partial charge is 0.337 e. The van der Waals surface area contributed by atoms with E-state index in [0.29, 0.717) is 5.56 Å². The molecular weight excluding hydrogens is 274 g/mol. The molecule has 110 valence electrons. The first kappa shape index (κ1) is 16.3. The number of benzene rings is 1. The summed E-state index contributed by atoms with van der Waals surface area (Å²) >= 11 is 0. The van der Waals surface area contributed by atoms with Crippen molar-refractivity contribution in [1.29, 1.82) is 0 Å². The van der Waals surface area contributed by atoms with Crippen LogP contribution in [-0.2, 0) is 19.1 Å². The summed E-state index contributed by atoms with van der Waals surface area (Å²) in [7, 11) is 0. The Morgan fingerprint density at radius 1 is 1.43 bits per heavy atom. The lowest BCUT2D eigenvalue weighted by atomic mass is 10.0. The molecule has 0 radical (unpaired) electrons. The van der Waals surface area contributed by atoms with Crippen LogP contribution >= 0.6 is 0 Å². The van der Waals surface area contributed by atoms with E-state index in [2.05, 4.69) is 16.6 Å². The topological polar surface area (TPSA) is 101 Å². The van der Waals surface area contributed by atoms with E-state index >= 15 is 0 Å². The summed E-state index contributed by atoms with van der Waals surface area (Å²) in [6.07, 6.45) is -1.07. The monoisotopic (exact) mass is 289 g/mol. The van der Waals surface area contributed by atoms with Crippen LogP contribution in [0, 0.1) is 0 Å². The minimum absolute atomic E-state index is 0.0485. The van der Waals surface area contributed by atoms with Crippen molar-refractivity contribution >= 4 is 17.6 Å². The number of hydrogen-bond acceptors (Lipinski definition) is 5. The van der Waals surface area contributed by atoms with Gasteiger partial charge in [0, 0.05) is 23.1 Å². The molecule has 0 N–H and O–H groups in total. The number of azide groups is 1. The highest BCUT2D eigenvalue weighted by Gasteiger charge is 2.26. The van der Waals surface area contributed by atoms with Crippen molar-refractivity contribution < 1.29 is 19.1 Å². The lowest BCUT2D eigenvalue weighted by Crippen LogP contribution is -2.18. The van der Waals surface area contributed by atoms with E-state index in [1.165, 1.54) is 6.92 Å². The number of rotatable bonds is 6. The van der Waals surface area contributed by atoms with Crippen molar-refractivity contribution in [2.45, 2.75) is 20.0 Å². The Hall–Kier alpha value is -2.79. The van der Waals surface area contributed by atoms with E-state index in [9.17, 15) is 9.59 Å². The maximum Gasteiger partial charge on any atom is 0.337 e. The number of esters is 2. The molecule has 7 nitrogen and oxygen atoms in total. The van der Waals surface area contributed by atoms with Gasteiger partial charge in [0.05, 0.1) is 12.2 Å². The maximum absolute atomic E-state index is 11.8. The molecule has 0 heterocycles. The van der Waals surface area contributed by atoms with Crippen molar-refractivity contribution in [1.82, 2.24) is 0 Å². The van der Waals surface area contributed by atoms with Crippen molar-refractivity contribution in [2.75, 3.05) is 6.61 Å². The largest absolute Gasteiger partial charge is 0.463 e. The van der Waals surface area contributed by atoms with Crippen molar-refractivity contribution in [2.24, 2.45) is 5.11 Å². The van der Waals surface area contributed by atoms with Gasteiger partial charge >= 0.3 is 11.9 Å². The molecule has 0 aliphatic carbocycles. The van der Waals surface area contributed by atoms with Crippen molar-refractivity contribution in [3.05, 3.63) is 52.4 Å². The zero-order chi connectivity index (χ0) is 15.8. The normalized spacial score (nSPS) is 11.0. The predicted molar refractivity (Wildman–Crippen MR) is 75.5 cm³/mol. The van der Waals surface area contributed by atoms with Crippen molar-refractivity contribution in [3.63, 3.8) is 0 Å². The van der Waals surface area contributed by atoms with Gasteiger partial charge in [0.15, 0.2) is 6.10 Å². The molecule has 21 heavy (non-hydrogen) atoms. The highest BCUT2D eigenvalue weighted by Crippen LogP contribution is 2.33. The van der Waals surface area contributed by atoms with Crippen LogP contribution in [0.1, 0.15) is 25.5 Å². The van der Waals surface area contributed by atoms with Gasteiger partial charge in [0.1, 0.15) is 0 Å². The second-order valence-electron chi connectivity index (χ2n) is 3.98. The van der Waals surface area contributed by atoms with E-state index in [1.54, 1.807) is 31.2 Å². The molecule has 0 fully saturated rings. The lowest BCUT2D eigenvalue weighted by molar-refractivity contribution is -0.147. The molecule has 7 heteroatoms. The van der Waals surface area contributed by atoms with Gasteiger partial charge in [0.25, 0.3) is 0 Å². The van der Waals surface area contributed by atoms with Gasteiger partial charge in [-0.3, -0.25) is 4.79 Å². The standard InChI is InChI=1S/C14H15N3O4/c1-4-20-14(19)9(2)13(21-10(3)18)11-7-5-6-8-12(11)16-17-15/h5-8,13H,2,4H2,1,3H3. The molecule has 1 atom stereocenters. The molecule has 1 aromatic rings. The Balaban J connectivity index is 3.25. The van der Waals surface area contributed by atoms with Crippen LogP contribution in [0.2, 0.25) is 0 Å². The van der Waals surface area contributed by atoms with Crippen LogP contribution < -0.4 is 0 Å². The fourth-order valence-corrected chi connectivity index (χ4v) is 1.67. The van der Waals surface area contributed by atoms with Gasteiger partial charge in [-0.05, 0) is 12.5 Å². The molecule has 0 amide bonds. The second kappa shape index (κ2) is 7.72. The predicted octanol–water partition coefficient (Wildman–Crippen LogP) is 3.35. The van der Waals surface area contributed by atoms with E-state index < -0.39 is 18.0 Å². The summed E-state index contributed by atoms with van der Waals surface area (Å²) in [6, 6.07) is 6.46. The Kier molecular flexibility index (Phi) is 5.98. The molecule has 0 aliphatic heterocycles. The number of nitrogens with zero attached hydrogens (tertiary/aromatic N) is 3. The summed E-state index contributed by atoms with van der Waals surface area (Å²) in [5.74, 6) is -1.28. The molecule has 1 unspecified atom stereocenters. The maximum atomic E-state index is 11.8. The molecule has 0 aliphatic rings. The first-order valence-electron chi connectivity index (χ1n) is 6.18. The van der Waals surface area contributed by atoms with Gasteiger partial charge in [-0.2, -0.15) is 0 Å². The summed E-state index contributed by atoms with van der Waals surface area (Å²) in [5.41, 5.74) is 9.14. The van der Waals surface area contributed by atoms with E-state index in [1.807, 2.05) is 0 Å². The number of ether oxygens (including phenoxy) is 2. The summed E-state index contributed by atoms with van der Waals surface area (Å²) in [6.45, 7) is 6.65. The van der Waals surface area contributed by atoms with Crippen LogP contribution in [0.15, 0.2) is 41.5 Å². The fourth-order valence-electron chi connectivity index (χ4n) is 1.67. The molecule has 1 aromatic carbocycles. The Morgan fingerprint density at radius 3 is 2.67 bits per heavy atom. The second-order valence-corrected chi connectivity index (χ2v) is 3.98. The lowest BCUT2D eigenvalue weighted by Gasteiger charge is -2.20. The Labute approximate surface area is 121 Å². The minimum atomic E-state index is -1.07. The van der Waals surface area contributed by atoms with Crippen molar-refractivity contribution in [3.8, 4) is 0 Å². The third kappa shape index (κ3) is 4.36. The number of hydrogen-bond donors (Lipinski definition) is 0. The number of carbonyl (C=O) groups excluding carboxylic acids is 2. The van der Waals surface area contributed by atoms with Crippen LogP contribution in [0.25, 0.3) is 10.4 Å². The highest BCUT2D eigenvalue weighted by atomic mass is 16.6. The minimum Gasteiger partial charge on any atom is -0.463 e. The summed E-state index contributed by atoms with van der Waals surface area (Å²) < 4.78 is 9.98. The Bertz CT molecular complexity index is 606. The van der Waals surface area contributed by atoms with Gasteiger partial charge in [-0.15, -0.1) is 0 Å². The molecule has 1 rings (SSSR count). The third-order valence-electron chi connectivity index (χ3n) is 2.51. The first-order chi connectivity index (χ1) is 10.0. The van der Waals surface area contributed by atoms with E-state index in [0.717, 1.165) is 0 Å². The average Bonchev–Trinajstić information content (AvgIpc) is 2.45. The molecular formula is C14H15N3O4. The summed E-state index contributed by atoms with van der Waals surface area (Å²) in [5, 5.41) is 3.52. The van der Waals surface area contributed by atoms with Crippen LogP contribution in [0.4, 0.5) is 5.69 Å². The van der Waals surface area contributed by atoms with Gasteiger partial charge < -0.3 is 9.47 Å². The third-order valence-corrected chi connectivity index (χ3v) is 2.51. The molecule has 0 saturated heterocycles. The van der Waals surface area contributed by atoms with Gasteiger partial charge in [0.2, 0.25) is 0 Å².